The van der Waals surface area contributed by atoms with Crippen molar-refractivity contribution in [2.24, 2.45) is 17.4 Å². The Balaban J connectivity index is 2.02. The number of hydrogen-bond donors (Lipinski definition) is 2. The minimum Gasteiger partial charge on any atom is -0.397 e. The highest BCUT2D eigenvalue weighted by Gasteiger charge is 2.21. The third-order valence-electron chi connectivity index (χ3n) is 4.29. The molecule has 3 heteroatoms. The summed E-state index contributed by atoms with van der Waals surface area (Å²) in [6.07, 6.45) is 7.02. The van der Waals surface area contributed by atoms with Gasteiger partial charge in [0.1, 0.15) is 0 Å². The maximum Gasteiger partial charge on any atom is 0.0549 e. The van der Waals surface area contributed by atoms with Crippen LogP contribution in [0.25, 0.3) is 5.70 Å². The molecule has 1 fully saturated rings. The monoisotopic (exact) mass is 273 g/mol. The van der Waals surface area contributed by atoms with Crippen LogP contribution in [0.5, 0.6) is 0 Å². The minimum atomic E-state index is 0.700. The molecule has 0 saturated heterocycles. The minimum absolute atomic E-state index is 0.700. The summed E-state index contributed by atoms with van der Waals surface area (Å²) in [5.74, 6) is 1.44. The molecule has 0 bridgehead atoms. The van der Waals surface area contributed by atoms with E-state index in [-0.39, 0.29) is 0 Å². The third kappa shape index (κ3) is 3.76. The van der Waals surface area contributed by atoms with Gasteiger partial charge in [-0.2, -0.15) is 0 Å². The predicted octanol–water partition coefficient (Wildman–Crippen LogP) is 2.74. The first kappa shape index (κ1) is 14.9. The molecule has 3 nitrogen and oxygen atoms in total. The van der Waals surface area contributed by atoms with Gasteiger partial charge in [-0.1, -0.05) is 24.3 Å². The number of nitrogens with zero attached hydrogens (tertiary/aromatic N) is 1. The molecule has 0 aromatic heterocycles. The third-order valence-corrected chi connectivity index (χ3v) is 4.29. The van der Waals surface area contributed by atoms with Gasteiger partial charge in [0.05, 0.1) is 5.70 Å². The van der Waals surface area contributed by atoms with Crippen LogP contribution in [0.15, 0.2) is 30.5 Å². The normalized spacial score (nSPS) is 23.6. The number of hydrogen-bond acceptors (Lipinski definition) is 3. The van der Waals surface area contributed by atoms with Crippen LogP contribution in [-0.2, 0) is 0 Å². The SMILES string of the molecule is CN(C)/C=C(\N)c1ccc(C2CCC(CN)CC2)cc1. The molecular formula is C17H27N3. The zero-order valence-corrected chi connectivity index (χ0v) is 12.7. The first-order valence-corrected chi connectivity index (χ1v) is 7.54. The zero-order chi connectivity index (χ0) is 14.5. The first-order chi connectivity index (χ1) is 9.60. The molecule has 2 rings (SSSR count). The van der Waals surface area contributed by atoms with Gasteiger partial charge in [-0.3, -0.25) is 0 Å². The fourth-order valence-electron chi connectivity index (χ4n) is 3.03. The van der Waals surface area contributed by atoms with E-state index in [1.807, 2.05) is 25.2 Å². The average Bonchev–Trinajstić information content (AvgIpc) is 2.47. The van der Waals surface area contributed by atoms with Gasteiger partial charge in [-0.25, -0.2) is 0 Å². The van der Waals surface area contributed by atoms with Crippen LogP contribution >= 0.6 is 0 Å². The summed E-state index contributed by atoms with van der Waals surface area (Å²) in [6.45, 7) is 0.845. The van der Waals surface area contributed by atoms with Crippen LogP contribution in [0.2, 0.25) is 0 Å². The lowest BCUT2D eigenvalue weighted by molar-refractivity contribution is 0.333. The highest BCUT2D eigenvalue weighted by Crippen LogP contribution is 2.35. The van der Waals surface area contributed by atoms with Crippen molar-refractivity contribution in [2.75, 3.05) is 20.6 Å². The Morgan fingerprint density at radius 3 is 2.25 bits per heavy atom. The fourth-order valence-corrected chi connectivity index (χ4v) is 3.03. The molecule has 0 amide bonds. The second-order valence-corrected chi connectivity index (χ2v) is 6.12. The summed E-state index contributed by atoms with van der Waals surface area (Å²) >= 11 is 0. The maximum absolute atomic E-state index is 6.07. The van der Waals surface area contributed by atoms with Crippen molar-refractivity contribution in [1.29, 1.82) is 0 Å². The summed E-state index contributed by atoms with van der Waals surface area (Å²) in [5.41, 5.74) is 15.2. The number of rotatable bonds is 4. The summed E-state index contributed by atoms with van der Waals surface area (Å²) in [4.78, 5) is 1.97. The van der Waals surface area contributed by atoms with E-state index in [2.05, 4.69) is 24.3 Å². The lowest BCUT2D eigenvalue weighted by Crippen LogP contribution is -2.20. The van der Waals surface area contributed by atoms with Crippen LogP contribution in [0, 0.1) is 5.92 Å². The first-order valence-electron chi connectivity index (χ1n) is 7.54. The second kappa shape index (κ2) is 6.80. The molecule has 0 unspecified atom stereocenters. The van der Waals surface area contributed by atoms with Gasteiger partial charge < -0.3 is 16.4 Å². The van der Waals surface area contributed by atoms with Gasteiger partial charge in [-0.05, 0) is 55.2 Å². The van der Waals surface area contributed by atoms with Gasteiger partial charge >= 0.3 is 0 Å². The van der Waals surface area contributed by atoms with Gasteiger partial charge in [0.2, 0.25) is 0 Å². The topological polar surface area (TPSA) is 55.3 Å². The van der Waals surface area contributed by atoms with E-state index < -0.39 is 0 Å². The molecule has 1 aliphatic carbocycles. The Kier molecular flexibility index (Phi) is 5.07. The molecule has 0 heterocycles. The molecule has 110 valence electrons. The predicted molar refractivity (Wildman–Crippen MR) is 86.0 cm³/mol. The lowest BCUT2D eigenvalue weighted by Gasteiger charge is -2.28. The van der Waals surface area contributed by atoms with Crippen LogP contribution in [0.4, 0.5) is 0 Å². The summed E-state index contributed by atoms with van der Waals surface area (Å²) in [7, 11) is 3.97. The van der Waals surface area contributed by atoms with Crippen molar-refractivity contribution in [3.05, 3.63) is 41.6 Å². The summed E-state index contributed by atoms with van der Waals surface area (Å²) < 4.78 is 0. The van der Waals surface area contributed by atoms with E-state index in [1.54, 1.807) is 0 Å². The molecule has 20 heavy (non-hydrogen) atoms. The molecular weight excluding hydrogens is 246 g/mol. The average molecular weight is 273 g/mol. The standard InChI is InChI=1S/C17H27N3/c1-20(2)12-17(19)16-9-7-15(8-10-16)14-5-3-13(11-18)4-6-14/h7-10,12-14H,3-6,11,18-19H2,1-2H3/b17-12-. The molecule has 1 aromatic rings. The fraction of sp³-hybridized carbons (Fsp3) is 0.529. The van der Waals surface area contributed by atoms with E-state index in [0.717, 1.165) is 23.7 Å². The largest absolute Gasteiger partial charge is 0.397 e. The van der Waals surface area contributed by atoms with E-state index in [4.69, 9.17) is 11.5 Å². The lowest BCUT2D eigenvalue weighted by atomic mass is 9.78. The van der Waals surface area contributed by atoms with Crippen molar-refractivity contribution in [3.63, 3.8) is 0 Å². The molecule has 0 radical (unpaired) electrons. The molecule has 1 aromatic carbocycles. The smallest absolute Gasteiger partial charge is 0.0549 e. The van der Waals surface area contributed by atoms with Crippen molar-refractivity contribution in [1.82, 2.24) is 4.90 Å². The van der Waals surface area contributed by atoms with Crippen LogP contribution < -0.4 is 11.5 Å². The van der Waals surface area contributed by atoms with Crippen molar-refractivity contribution >= 4 is 5.70 Å². The van der Waals surface area contributed by atoms with E-state index in [9.17, 15) is 0 Å². The van der Waals surface area contributed by atoms with Gasteiger partial charge in [-0.15, -0.1) is 0 Å². The molecule has 4 N–H and O–H groups in total. The summed E-state index contributed by atoms with van der Waals surface area (Å²) in [6, 6.07) is 8.75. The van der Waals surface area contributed by atoms with E-state index >= 15 is 0 Å². The van der Waals surface area contributed by atoms with Crippen LogP contribution in [-0.4, -0.2) is 25.5 Å². The number of nitrogens with two attached hydrogens (primary N) is 2. The van der Waals surface area contributed by atoms with E-state index in [0.29, 0.717) is 5.92 Å². The van der Waals surface area contributed by atoms with Crippen molar-refractivity contribution in [3.8, 4) is 0 Å². The van der Waals surface area contributed by atoms with Gasteiger partial charge in [0.25, 0.3) is 0 Å². The number of benzene rings is 1. The van der Waals surface area contributed by atoms with Crippen LogP contribution in [0.1, 0.15) is 42.7 Å². The highest BCUT2D eigenvalue weighted by atomic mass is 15.0. The Bertz CT molecular complexity index is 440. The van der Waals surface area contributed by atoms with Gasteiger partial charge in [0.15, 0.2) is 0 Å². The zero-order valence-electron chi connectivity index (χ0n) is 12.7. The van der Waals surface area contributed by atoms with Crippen molar-refractivity contribution in [2.45, 2.75) is 31.6 Å². The molecule has 1 aliphatic rings. The van der Waals surface area contributed by atoms with Gasteiger partial charge in [0, 0.05) is 20.3 Å². The molecule has 1 saturated carbocycles. The second-order valence-electron chi connectivity index (χ2n) is 6.12. The highest BCUT2D eigenvalue weighted by molar-refractivity contribution is 5.62. The molecule has 0 aliphatic heterocycles. The Hall–Kier alpha value is -1.48. The maximum atomic E-state index is 6.07. The quantitative estimate of drug-likeness (QED) is 0.887. The molecule has 0 atom stereocenters. The van der Waals surface area contributed by atoms with Crippen LogP contribution in [0.3, 0.4) is 0 Å². The van der Waals surface area contributed by atoms with Crippen molar-refractivity contribution < 1.29 is 0 Å². The Labute approximate surface area is 122 Å². The summed E-state index contributed by atoms with van der Waals surface area (Å²) in [5, 5.41) is 0. The molecule has 0 spiro atoms. The van der Waals surface area contributed by atoms with E-state index in [1.165, 1.54) is 31.2 Å². The Morgan fingerprint density at radius 2 is 1.75 bits per heavy atom. The Morgan fingerprint density at radius 1 is 1.15 bits per heavy atom.